The van der Waals surface area contributed by atoms with Crippen molar-refractivity contribution in [3.05, 3.63) is 12.2 Å². The van der Waals surface area contributed by atoms with Crippen LogP contribution in [0.3, 0.4) is 0 Å². The molecule has 2 fully saturated rings. The van der Waals surface area contributed by atoms with Crippen molar-refractivity contribution in [2.45, 2.75) is 84.2 Å². The van der Waals surface area contributed by atoms with E-state index in [4.69, 9.17) is 4.74 Å². The molecule has 0 aromatic rings. The lowest BCUT2D eigenvalue weighted by atomic mass is 9.68. The number of halogens is 1. The standard InChI is InChI=1S/C21H37FO/c1-3-23-17(2)19-12-14-21(15-13-19)20-10-8-18(9-11-20)7-5-4-6-16-22/h4,6,17-21H,3,5,7-16H2,1-2H3/b6-4+/t17?,18-,19?,20-,21?. The lowest BCUT2D eigenvalue weighted by Gasteiger charge is -2.39. The van der Waals surface area contributed by atoms with E-state index in [1.54, 1.807) is 6.08 Å². The molecule has 2 rings (SSSR count). The molecular formula is C21H37FO. The van der Waals surface area contributed by atoms with Crippen molar-refractivity contribution >= 4 is 0 Å². The third-order valence-electron chi connectivity index (χ3n) is 6.47. The summed E-state index contributed by atoms with van der Waals surface area (Å²) in [6, 6.07) is 0. The highest BCUT2D eigenvalue weighted by Gasteiger charge is 2.32. The Morgan fingerprint density at radius 2 is 1.57 bits per heavy atom. The van der Waals surface area contributed by atoms with Gasteiger partial charge in [0.25, 0.3) is 0 Å². The van der Waals surface area contributed by atoms with Crippen molar-refractivity contribution in [2.75, 3.05) is 13.3 Å². The Balaban J connectivity index is 1.63. The molecule has 0 aromatic heterocycles. The highest BCUT2D eigenvalue weighted by Crippen LogP contribution is 2.43. The average molecular weight is 325 g/mol. The van der Waals surface area contributed by atoms with E-state index in [2.05, 4.69) is 13.8 Å². The first-order valence-corrected chi connectivity index (χ1v) is 10.1. The van der Waals surface area contributed by atoms with Gasteiger partial charge in [0.05, 0.1) is 6.10 Å². The minimum Gasteiger partial charge on any atom is -0.379 e. The first-order chi connectivity index (χ1) is 11.2. The molecule has 0 N–H and O–H groups in total. The van der Waals surface area contributed by atoms with Crippen molar-refractivity contribution in [1.29, 1.82) is 0 Å². The third kappa shape index (κ3) is 6.21. The number of ether oxygens (including phenoxy) is 1. The SMILES string of the molecule is CCOC(C)C1CCC([C@H]2CC[C@H](CC/C=C/CF)CC2)CC1. The molecule has 2 aliphatic carbocycles. The van der Waals surface area contributed by atoms with Crippen LogP contribution in [0.2, 0.25) is 0 Å². The minimum absolute atomic E-state index is 0.308. The van der Waals surface area contributed by atoms with Crippen LogP contribution in [0.4, 0.5) is 4.39 Å². The van der Waals surface area contributed by atoms with E-state index in [1.165, 1.54) is 57.8 Å². The summed E-state index contributed by atoms with van der Waals surface area (Å²) in [5, 5.41) is 0. The number of rotatable bonds is 8. The number of alkyl halides is 1. The predicted molar refractivity (Wildman–Crippen MR) is 96.3 cm³/mol. The first-order valence-electron chi connectivity index (χ1n) is 10.1. The maximum absolute atomic E-state index is 12.0. The Bertz CT molecular complexity index is 325. The molecule has 0 aliphatic heterocycles. The van der Waals surface area contributed by atoms with Crippen molar-refractivity contribution in [3.8, 4) is 0 Å². The highest BCUT2D eigenvalue weighted by atomic mass is 19.1. The molecule has 0 radical (unpaired) electrons. The maximum atomic E-state index is 12.0. The Hall–Kier alpha value is -0.370. The van der Waals surface area contributed by atoms with Crippen molar-refractivity contribution in [1.82, 2.24) is 0 Å². The van der Waals surface area contributed by atoms with Gasteiger partial charge in [-0.05, 0) is 88.9 Å². The molecule has 0 aromatic carbocycles. The first kappa shape index (κ1) is 19.0. The van der Waals surface area contributed by atoms with E-state index in [-0.39, 0.29) is 6.67 Å². The zero-order valence-electron chi connectivity index (χ0n) is 15.3. The van der Waals surface area contributed by atoms with Crippen LogP contribution in [0.1, 0.15) is 78.1 Å². The smallest absolute Gasteiger partial charge is 0.108 e. The molecule has 0 saturated heterocycles. The summed E-state index contributed by atoms with van der Waals surface area (Å²) in [6.45, 7) is 4.91. The fourth-order valence-corrected chi connectivity index (χ4v) is 4.95. The van der Waals surface area contributed by atoms with Crippen molar-refractivity contribution in [3.63, 3.8) is 0 Å². The fourth-order valence-electron chi connectivity index (χ4n) is 4.95. The van der Waals surface area contributed by atoms with Crippen molar-refractivity contribution in [2.24, 2.45) is 23.7 Å². The molecule has 2 heteroatoms. The van der Waals surface area contributed by atoms with Crippen LogP contribution < -0.4 is 0 Å². The maximum Gasteiger partial charge on any atom is 0.108 e. The van der Waals surface area contributed by atoms with Gasteiger partial charge in [0.2, 0.25) is 0 Å². The van der Waals surface area contributed by atoms with Crippen LogP contribution in [-0.2, 0) is 4.74 Å². The summed E-state index contributed by atoms with van der Waals surface area (Å²) in [7, 11) is 0. The molecule has 0 heterocycles. The predicted octanol–water partition coefficient (Wildman–Crippen LogP) is 6.33. The molecule has 134 valence electrons. The Morgan fingerprint density at radius 3 is 2.13 bits per heavy atom. The summed E-state index contributed by atoms with van der Waals surface area (Å²) in [6.07, 6.45) is 17.8. The lowest BCUT2D eigenvalue weighted by molar-refractivity contribution is 0.00799. The van der Waals surface area contributed by atoms with E-state index >= 15 is 0 Å². The number of hydrogen-bond acceptors (Lipinski definition) is 1. The van der Waals surface area contributed by atoms with Gasteiger partial charge in [-0.2, -0.15) is 0 Å². The van der Waals surface area contributed by atoms with Gasteiger partial charge >= 0.3 is 0 Å². The van der Waals surface area contributed by atoms with E-state index in [0.717, 1.165) is 36.7 Å². The molecule has 0 spiro atoms. The van der Waals surface area contributed by atoms with Crippen LogP contribution in [0.5, 0.6) is 0 Å². The van der Waals surface area contributed by atoms with Gasteiger partial charge in [0, 0.05) is 6.61 Å². The average Bonchev–Trinajstić information content (AvgIpc) is 2.60. The summed E-state index contributed by atoms with van der Waals surface area (Å²) in [5.41, 5.74) is 0. The monoisotopic (exact) mass is 324 g/mol. The summed E-state index contributed by atoms with van der Waals surface area (Å²) < 4.78 is 17.8. The van der Waals surface area contributed by atoms with Crippen molar-refractivity contribution < 1.29 is 9.13 Å². The van der Waals surface area contributed by atoms with E-state index in [1.807, 2.05) is 6.08 Å². The molecule has 1 nitrogen and oxygen atoms in total. The van der Waals surface area contributed by atoms with Crippen LogP contribution in [0.15, 0.2) is 12.2 Å². The zero-order chi connectivity index (χ0) is 16.5. The molecule has 23 heavy (non-hydrogen) atoms. The van der Waals surface area contributed by atoms with Gasteiger partial charge in [-0.15, -0.1) is 0 Å². The van der Waals surface area contributed by atoms with Gasteiger partial charge in [0.1, 0.15) is 6.67 Å². The highest BCUT2D eigenvalue weighted by molar-refractivity contribution is 4.85. The third-order valence-corrected chi connectivity index (χ3v) is 6.47. The van der Waals surface area contributed by atoms with Gasteiger partial charge < -0.3 is 4.74 Å². The van der Waals surface area contributed by atoms with E-state index in [0.29, 0.717) is 6.10 Å². The van der Waals surface area contributed by atoms with Gasteiger partial charge in [-0.3, -0.25) is 0 Å². The Labute approximate surface area is 143 Å². The molecule has 0 bridgehead atoms. The molecule has 2 saturated carbocycles. The van der Waals surface area contributed by atoms with E-state index in [9.17, 15) is 4.39 Å². The van der Waals surface area contributed by atoms with E-state index < -0.39 is 0 Å². The molecule has 1 unspecified atom stereocenters. The summed E-state index contributed by atoms with van der Waals surface area (Å²) in [4.78, 5) is 0. The topological polar surface area (TPSA) is 9.23 Å². The quantitative estimate of drug-likeness (QED) is 0.474. The van der Waals surface area contributed by atoms with Gasteiger partial charge in [-0.1, -0.05) is 25.0 Å². The zero-order valence-corrected chi connectivity index (χ0v) is 15.3. The second kappa shape index (κ2) is 10.5. The van der Waals surface area contributed by atoms with Gasteiger partial charge in [0.15, 0.2) is 0 Å². The fraction of sp³-hybridized carbons (Fsp3) is 0.905. The Morgan fingerprint density at radius 1 is 0.957 bits per heavy atom. The lowest BCUT2D eigenvalue weighted by Crippen LogP contribution is -2.30. The van der Waals surface area contributed by atoms with Crippen LogP contribution in [0.25, 0.3) is 0 Å². The molecular weight excluding hydrogens is 287 g/mol. The second-order valence-electron chi connectivity index (χ2n) is 7.82. The normalized spacial score (nSPS) is 33.9. The summed E-state index contributed by atoms with van der Waals surface area (Å²) in [5.74, 6) is 3.65. The number of hydrogen-bond donors (Lipinski definition) is 0. The second-order valence-corrected chi connectivity index (χ2v) is 7.82. The van der Waals surface area contributed by atoms with Gasteiger partial charge in [-0.25, -0.2) is 4.39 Å². The molecule has 0 amide bonds. The van der Waals surface area contributed by atoms with Crippen LogP contribution in [-0.4, -0.2) is 19.4 Å². The Kier molecular flexibility index (Phi) is 8.64. The molecule has 2 aliphatic rings. The molecule has 1 atom stereocenters. The van der Waals surface area contributed by atoms with Crippen LogP contribution >= 0.6 is 0 Å². The van der Waals surface area contributed by atoms with Crippen LogP contribution in [0, 0.1) is 23.7 Å². The largest absolute Gasteiger partial charge is 0.379 e. The summed E-state index contributed by atoms with van der Waals surface area (Å²) >= 11 is 0. The number of allylic oxidation sites excluding steroid dienone is 2. The minimum atomic E-state index is -0.308.